The molecule has 372 valence electrons. The number of azo groups is 1. The van der Waals surface area contributed by atoms with E-state index < -0.39 is 163 Å². The lowest BCUT2D eigenvalue weighted by atomic mass is 10.1. The molecule has 4 aromatic rings. The number of anilines is 5. The Labute approximate surface area is 396 Å². The molecule has 1 heterocycles. The molecule has 0 aliphatic carbocycles. The second kappa shape index (κ2) is 21.7. The molecular weight excluding hydrogens is 1080 g/mol. The van der Waals surface area contributed by atoms with Gasteiger partial charge in [-0.05, 0) is 66.0 Å². The lowest BCUT2D eigenvalue weighted by Gasteiger charge is -2.14. The van der Waals surface area contributed by atoms with Crippen molar-refractivity contribution >= 4 is 136 Å². The molecule has 0 atom stereocenters. The quantitative estimate of drug-likeness (QED) is 0.0229. The number of ketones is 1. The fourth-order valence-corrected chi connectivity index (χ4v) is 11.0. The number of aromatic nitrogens is 3. The number of rotatable bonds is 23. The predicted molar refractivity (Wildman–Crippen MR) is 237 cm³/mol. The van der Waals surface area contributed by atoms with Crippen molar-refractivity contribution in [2.75, 3.05) is 45.7 Å². The highest BCUT2D eigenvalue weighted by Gasteiger charge is 2.28. The van der Waals surface area contributed by atoms with E-state index in [2.05, 4.69) is 45.3 Å². The predicted octanol–water partition coefficient (Wildman–Crippen LogP) is 2.97. The van der Waals surface area contributed by atoms with Gasteiger partial charge in [0.25, 0.3) is 30.4 Å². The number of Topliss-reactive ketones (excluding diaryl/α,β-unsaturated/α-hetero) is 1. The zero-order valence-corrected chi connectivity index (χ0v) is 40.4. The number of hydrogen-bond donors (Lipinski definition) is 8. The maximum atomic E-state index is 12.9. The molecule has 68 heavy (non-hydrogen) atoms. The highest BCUT2D eigenvalue weighted by atomic mass is 35.5. The Morgan fingerprint density at radius 2 is 1.31 bits per heavy atom. The number of carbonyl (C=O) groups is 2. The van der Waals surface area contributed by atoms with Crippen LogP contribution in [0.15, 0.2) is 72.3 Å². The second-order valence-electron chi connectivity index (χ2n) is 13.5. The first-order valence-corrected chi connectivity index (χ1v) is 28.1. The summed E-state index contributed by atoms with van der Waals surface area (Å²) in [5.41, 5.74) is -2.75. The summed E-state index contributed by atoms with van der Waals surface area (Å²) in [7, 11) is -29.3. The second-order valence-corrected chi connectivity index (χ2v) is 23.9. The topological polar surface area (TPSA) is 449 Å². The van der Waals surface area contributed by atoms with Gasteiger partial charge in [-0.15, -0.1) is 21.8 Å². The van der Waals surface area contributed by atoms with Crippen LogP contribution in [-0.4, -0.2) is 130 Å². The zero-order chi connectivity index (χ0) is 51.2. The largest absolute Gasteiger partial charge is 0.504 e. The molecule has 36 heteroatoms. The first-order valence-electron chi connectivity index (χ1n) is 18.1. The molecule has 3 aromatic carbocycles. The third-order valence-electron chi connectivity index (χ3n) is 8.34. The average molecular weight is 1110 g/mol. The molecule has 1 aromatic heterocycles. The fourth-order valence-electron chi connectivity index (χ4n) is 5.49. The summed E-state index contributed by atoms with van der Waals surface area (Å²) in [5, 5.41) is 25.0. The maximum Gasteiger partial charge on any atom is 0.397 e. The lowest BCUT2D eigenvalue weighted by molar-refractivity contribution is -0.118. The van der Waals surface area contributed by atoms with Crippen LogP contribution in [0.25, 0.3) is 0 Å². The Bertz CT molecular complexity index is 3380. The summed E-state index contributed by atoms with van der Waals surface area (Å²) in [6, 6.07) is 5.51. The van der Waals surface area contributed by atoms with Crippen molar-refractivity contribution in [2.24, 2.45) is 10.2 Å². The Hall–Kier alpha value is -5.11. The summed E-state index contributed by atoms with van der Waals surface area (Å²) >= 11 is 11.5. The number of benzene rings is 3. The number of carbonyl (C=O) groups excluding carboxylic acids is 2. The van der Waals surface area contributed by atoms with E-state index in [1.165, 1.54) is 6.07 Å². The van der Waals surface area contributed by atoms with Crippen molar-refractivity contribution in [1.82, 2.24) is 15.0 Å². The van der Waals surface area contributed by atoms with E-state index in [1.807, 2.05) is 0 Å². The molecule has 0 spiro atoms. The van der Waals surface area contributed by atoms with Gasteiger partial charge in [0.05, 0.1) is 45.0 Å². The first kappa shape index (κ1) is 55.5. The van der Waals surface area contributed by atoms with Crippen LogP contribution in [0.2, 0.25) is 5.28 Å². The first-order chi connectivity index (χ1) is 31.2. The number of aromatic hydroxyl groups is 1. The van der Waals surface area contributed by atoms with Crippen LogP contribution in [0.5, 0.6) is 5.75 Å². The van der Waals surface area contributed by atoms with Crippen molar-refractivity contribution in [3.8, 4) is 5.75 Å². The average Bonchev–Trinajstić information content (AvgIpc) is 3.16. The lowest BCUT2D eigenvalue weighted by Crippen LogP contribution is -2.16. The van der Waals surface area contributed by atoms with Gasteiger partial charge in [-0.25, -0.2) is 21.0 Å². The van der Waals surface area contributed by atoms with Crippen molar-refractivity contribution in [3.05, 3.63) is 53.3 Å². The molecular formula is C32H34Cl2N8O20S6. The molecule has 0 aliphatic rings. The highest BCUT2D eigenvalue weighted by Crippen LogP contribution is 2.38. The fraction of sp³-hybridized carbons (Fsp3) is 0.281. The van der Waals surface area contributed by atoms with E-state index in [9.17, 15) is 78.9 Å². The number of nitrogens with zero attached hydrogens (tertiary/aromatic N) is 5. The molecule has 0 bridgehead atoms. The SMILES string of the molecule is CC(=O)Nc1cc(Nc2nc(Cl)nc(Nc3cc(S(=O)(=O)CCOS(=O)(=O)O)cc(S(=O)(=O)O)c3O)n2)ccc1N=Nc1cc(S(=O)(=O)O)c(CC(=O)CCCS(=O)(=O)CCCl)cc1S(=O)(=O)O. The molecule has 0 radical (unpaired) electrons. The number of sulfone groups is 2. The Balaban J connectivity index is 1.70. The number of phenols is 1. The third-order valence-corrected chi connectivity index (χ3v) is 15.5. The summed E-state index contributed by atoms with van der Waals surface area (Å²) in [5.74, 6) is -5.98. The van der Waals surface area contributed by atoms with E-state index in [1.54, 1.807) is 0 Å². The van der Waals surface area contributed by atoms with Crippen molar-refractivity contribution in [3.63, 3.8) is 0 Å². The normalized spacial score (nSPS) is 12.8. The van der Waals surface area contributed by atoms with E-state index in [-0.39, 0.29) is 35.1 Å². The standard InChI is InChI=1S/C32H34Cl2N8O20S6/c1-17(43)35-23-13-19(36-31-38-30(34)39-32(40-31)37-25-14-21(15-28(29(25)45)67(56,57)58)64(48,49)10-7-62-68(59,60)61)4-5-22(23)41-42-24-16-26(65(50,51)52)18(12-27(24)66(53,54)55)11-20(44)3-2-8-63(46,47)9-6-33/h4-5,12-16,45H,2-3,6-11H2,1H3,(H,35,43)(H,50,51,52)(H,53,54,55)(H,56,57,58)(H,59,60,61)(H2,36,37,38,39,40). The van der Waals surface area contributed by atoms with Gasteiger partial charge in [-0.1, -0.05) is 0 Å². The summed E-state index contributed by atoms with van der Waals surface area (Å²) < 4.78 is 188. The summed E-state index contributed by atoms with van der Waals surface area (Å²) in [6.07, 6.45) is -1.46. The van der Waals surface area contributed by atoms with Crippen LogP contribution >= 0.6 is 23.2 Å². The van der Waals surface area contributed by atoms with Crippen molar-refractivity contribution in [2.45, 2.75) is 45.8 Å². The van der Waals surface area contributed by atoms with E-state index in [4.69, 9.17) is 27.8 Å². The highest BCUT2D eigenvalue weighted by molar-refractivity contribution is 7.92. The van der Waals surface area contributed by atoms with Gasteiger partial charge in [0, 0.05) is 31.3 Å². The van der Waals surface area contributed by atoms with Crippen LogP contribution in [0, 0.1) is 0 Å². The van der Waals surface area contributed by atoms with Crippen molar-refractivity contribution < 1.29 is 87.6 Å². The van der Waals surface area contributed by atoms with Crippen LogP contribution in [-0.2, 0) is 80.6 Å². The molecule has 0 aliphatic heterocycles. The van der Waals surface area contributed by atoms with Gasteiger partial charge in [0.2, 0.25) is 23.1 Å². The van der Waals surface area contributed by atoms with Crippen LogP contribution in [0.4, 0.5) is 40.3 Å². The zero-order valence-electron chi connectivity index (χ0n) is 34.0. The molecule has 1 amide bonds. The molecule has 0 unspecified atom stereocenters. The molecule has 0 fully saturated rings. The minimum atomic E-state index is -5.36. The minimum absolute atomic E-state index is 0.00409. The number of nitrogens with one attached hydrogen (secondary N) is 3. The van der Waals surface area contributed by atoms with Gasteiger partial charge in [-0.2, -0.15) is 48.6 Å². The summed E-state index contributed by atoms with van der Waals surface area (Å²) in [4.78, 5) is 32.1. The van der Waals surface area contributed by atoms with Crippen molar-refractivity contribution in [1.29, 1.82) is 0 Å². The minimum Gasteiger partial charge on any atom is -0.504 e. The van der Waals surface area contributed by atoms with E-state index >= 15 is 0 Å². The number of halogens is 2. The van der Waals surface area contributed by atoms with Gasteiger partial charge in [0.15, 0.2) is 25.4 Å². The van der Waals surface area contributed by atoms with Crippen LogP contribution in [0.1, 0.15) is 25.3 Å². The molecule has 0 saturated heterocycles. The smallest absolute Gasteiger partial charge is 0.397 e. The van der Waals surface area contributed by atoms with Gasteiger partial charge in [-0.3, -0.25) is 27.8 Å². The Morgan fingerprint density at radius 3 is 1.88 bits per heavy atom. The Morgan fingerprint density at radius 1 is 0.706 bits per heavy atom. The van der Waals surface area contributed by atoms with Crippen LogP contribution < -0.4 is 16.0 Å². The van der Waals surface area contributed by atoms with Gasteiger partial charge < -0.3 is 21.1 Å². The number of amides is 1. The molecule has 0 saturated carbocycles. The van der Waals surface area contributed by atoms with E-state index in [0.29, 0.717) is 24.3 Å². The molecule has 4 rings (SSSR count). The van der Waals surface area contributed by atoms with Gasteiger partial charge in [0.1, 0.15) is 26.9 Å². The summed E-state index contributed by atoms with van der Waals surface area (Å²) in [6.45, 7) is -0.0745. The number of phenolic OH excluding ortho intramolecular Hbond substituents is 1. The van der Waals surface area contributed by atoms with Gasteiger partial charge >= 0.3 is 10.4 Å². The van der Waals surface area contributed by atoms with E-state index in [0.717, 1.165) is 19.1 Å². The monoisotopic (exact) mass is 1110 g/mol. The number of hydrogen-bond acceptors (Lipinski definition) is 23. The molecule has 8 N–H and O–H groups in total. The molecule has 28 nitrogen and oxygen atoms in total. The number of alkyl halides is 1. The maximum absolute atomic E-state index is 12.9. The van der Waals surface area contributed by atoms with Crippen LogP contribution in [0.3, 0.4) is 0 Å². The third kappa shape index (κ3) is 16.3. The Kier molecular flexibility index (Phi) is 17.7.